The van der Waals surface area contributed by atoms with Crippen LogP contribution in [0, 0.1) is 0 Å². The first kappa shape index (κ1) is 11.3. The molecule has 2 rings (SSSR count). The molecule has 0 spiro atoms. The molecule has 6 nitrogen and oxygen atoms in total. The van der Waals surface area contributed by atoms with E-state index in [4.69, 9.17) is 17.3 Å². The minimum atomic E-state index is -0.288. The minimum absolute atomic E-state index is 0.0832. The van der Waals surface area contributed by atoms with Crippen LogP contribution in [-0.4, -0.2) is 33.2 Å². The van der Waals surface area contributed by atoms with E-state index in [9.17, 15) is 4.79 Å². The molecule has 1 saturated carbocycles. The molecule has 1 amide bonds. The summed E-state index contributed by atoms with van der Waals surface area (Å²) in [6.07, 6.45) is 3.70. The third-order valence-corrected chi connectivity index (χ3v) is 2.94. The Hall–Kier alpha value is -1.14. The molecule has 0 unspecified atom stereocenters. The van der Waals surface area contributed by atoms with E-state index >= 15 is 0 Å². The van der Waals surface area contributed by atoms with Crippen LogP contribution < -0.4 is 11.1 Å². The molecule has 1 aliphatic rings. The number of hydrogen-bond donors (Lipinski definition) is 3. The van der Waals surface area contributed by atoms with Crippen LogP contribution in [0.15, 0.2) is 0 Å². The Bertz CT molecular complexity index is 372. The second-order valence-electron chi connectivity index (χ2n) is 4.03. The maximum atomic E-state index is 11.7. The lowest BCUT2D eigenvalue weighted by Gasteiger charge is -2.26. The Morgan fingerprint density at radius 1 is 1.44 bits per heavy atom. The van der Waals surface area contributed by atoms with E-state index in [1.165, 1.54) is 0 Å². The summed E-state index contributed by atoms with van der Waals surface area (Å²) in [4.78, 5) is 15.4. The van der Waals surface area contributed by atoms with Gasteiger partial charge in [0.1, 0.15) is 0 Å². The molecule has 1 aliphatic carbocycles. The van der Waals surface area contributed by atoms with E-state index < -0.39 is 0 Å². The van der Waals surface area contributed by atoms with Crippen molar-refractivity contribution in [2.75, 3.05) is 0 Å². The van der Waals surface area contributed by atoms with Crippen molar-refractivity contribution in [1.82, 2.24) is 20.5 Å². The van der Waals surface area contributed by atoms with Gasteiger partial charge in [0.15, 0.2) is 0 Å². The van der Waals surface area contributed by atoms with E-state index in [1.54, 1.807) is 0 Å². The quantitative estimate of drug-likeness (QED) is 0.703. The predicted molar refractivity (Wildman–Crippen MR) is 59.1 cm³/mol. The highest BCUT2D eigenvalue weighted by Crippen LogP contribution is 2.17. The lowest BCUT2D eigenvalue weighted by atomic mass is 9.92. The Morgan fingerprint density at radius 2 is 2.12 bits per heavy atom. The maximum absolute atomic E-state index is 11.7. The molecule has 0 aromatic carbocycles. The molecule has 88 valence electrons. The van der Waals surface area contributed by atoms with Gasteiger partial charge in [-0.1, -0.05) is 0 Å². The molecule has 1 fully saturated rings. The highest BCUT2D eigenvalue weighted by molar-refractivity contribution is 6.28. The van der Waals surface area contributed by atoms with Crippen molar-refractivity contribution >= 4 is 17.5 Å². The number of aromatic nitrogens is 3. The minimum Gasteiger partial charge on any atom is -0.347 e. The normalized spacial score (nSPS) is 25.4. The second-order valence-corrected chi connectivity index (χ2v) is 4.39. The smallest absolute Gasteiger partial charge is 0.291 e. The van der Waals surface area contributed by atoms with Gasteiger partial charge in [0.25, 0.3) is 5.91 Å². The Morgan fingerprint density at radius 3 is 2.69 bits per heavy atom. The first-order chi connectivity index (χ1) is 7.65. The fourth-order valence-electron chi connectivity index (χ4n) is 1.86. The number of rotatable bonds is 2. The lowest BCUT2D eigenvalue weighted by molar-refractivity contribution is 0.0915. The summed E-state index contributed by atoms with van der Waals surface area (Å²) in [6.45, 7) is 0. The number of hydrogen-bond acceptors (Lipinski definition) is 4. The zero-order valence-corrected chi connectivity index (χ0v) is 9.50. The van der Waals surface area contributed by atoms with Crippen molar-refractivity contribution < 1.29 is 4.79 Å². The van der Waals surface area contributed by atoms with Gasteiger partial charge in [-0.15, -0.1) is 5.10 Å². The standard InChI is InChI=1S/C9H14ClN5O/c10-9-13-7(14-15-9)8(16)12-6-3-1-5(11)2-4-6/h5-6H,1-4,11H2,(H,12,16)(H,13,14,15). The first-order valence-electron chi connectivity index (χ1n) is 5.29. The maximum Gasteiger partial charge on any atom is 0.291 e. The van der Waals surface area contributed by atoms with Gasteiger partial charge in [0, 0.05) is 12.1 Å². The summed E-state index contributed by atoms with van der Waals surface area (Å²) in [6, 6.07) is 0.440. The number of aromatic amines is 1. The fraction of sp³-hybridized carbons (Fsp3) is 0.667. The second kappa shape index (κ2) is 4.80. The zero-order valence-electron chi connectivity index (χ0n) is 8.74. The molecular formula is C9H14ClN5O. The highest BCUT2D eigenvalue weighted by atomic mass is 35.5. The average Bonchev–Trinajstić information content (AvgIpc) is 2.68. The summed E-state index contributed by atoms with van der Waals surface area (Å²) in [7, 11) is 0. The largest absolute Gasteiger partial charge is 0.347 e. The molecular weight excluding hydrogens is 230 g/mol. The Kier molecular flexibility index (Phi) is 3.40. The number of amides is 1. The van der Waals surface area contributed by atoms with Gasteiger partial charge in [-0.05, 0) is 37.3 Å². The first-order valence-corrected chi connectivity index (χ1v) is 5.67. The number of nitrogens with zero attached hydrogens (tertiary/aromatic N) is 2. The summed E-state index contributed by atoms with van der Waals surface area (Å²) in [5.74, 6) is -0.205. The molecule has 0 aliphatic heterocycles. The van der Waals surface area contributed by atoms with Crippen molar-refractivity contribution in [2.45, 2.75) is 37.8 Å². The average molecular weight is 244 g/mol. The molecule has 16 heavy (non-hydrogen) atoms. The van der Waals surface area contributed by atoms with Gasteiger partial charge in [0.05, 0.1) is 0 Å². The molecule has 1 aromatic rings. The molecule has 0 saturated heterocycles. The number of carbonyl (C=O) groups excluding carboxylic acids is 1. The molecule has 0 bridgehead atoms. The van der Waals surface area contributed by atoms with E-state index in [1.807, 2.05) is 0 Å². The summed E-state index contributed by atoms with van der Waals surface area (Å²) in [5, 5.41) is 9.10. The highest BCUT2D eigenvalue weighted by Gasteiger charge is 2.22. The van der Waals surface area contributed by atoms with Gasteiger partial charge in [-0.25, -0.2) is 5.10 Å². The topological polar surface area (TPSA) is 96.7 Å². The van der Waals surface area contributed by atoms with Crippen molar-refractivity contribution in [3.05, 3.63) is 11.1 Å². The van der Waals surface area contributed by atoms with Gasteiger partial charge >= 0.3 is 0 Å². The van der Waals surface area contributed by atoms with Crippen LogP contribution in [-0.2, 0) is 0 Å². The number of H-pyrrole nitrogens is 1. The number of carbonyl (C=O) groups is 1. The Labute approximate surface area is 98.0 Å². The van der Waals surface area contributed by atoms with E-state index in [2.05, 4.69) is 20.5 Å². The van der Waals surface area contributed by atoms with Crippen molar-refractivity contribution in [3.8, 4) is 0 Å². The Balaban J connectivity index is 1.88. The van der Waals surface area contributed by atoms with Crippen LogP contribution in [0.3, 0.4) is 0 Å². The molecule has 4 N–H and O–H groups in total. The van der Waals surface area contributed by atoms with E-state index in [-0.39, 0.29) is 29.1 Å². The van der Waals surface area contributed by atoms with Crippen LogP contribution in [0.5, 0.6) is 0 Å². The number of nitrogens with two attached hydrogens (primary N) is 1. The predicted octanol–water partition coefficient (Wildman–Crippen LogP) is 0.458. The summed E-state index contributed by atoms with van der Waals surface area (Å²) in [5.41, 5.74) is 5.78. The summed E-state index contributed by atoms with van der Waals surface area (Å²) < 4.78 is 0. The van der Waals surface area contributed by atoms with Crippen LogP contribution in [0.1, 0.15) is 36.3 Å². The SMILES string of the molecule is NC1CCC(NC(=O)c2n[nH]c(Cl)n2)CC1. The van der Waals surface area contributed by atoms with Gasteiger partial charge in [0.2, 0.25) is 11.1 Å². The van der Waals surface area contributed by atoms with E-state index in [0.29, 0.717) is 0 Å². The van der Waals surface area contributed by atoms with Crippen LogP contribution in [0.2, 0.25) is 5.28 Å². The molecule has 0 radical (unpaired) electrons. The van der Waals surface area contributed by atoms with Gasteiger partial charge in [-0.2, -0.15) is 4.98 Å². The van der Waals surface area contributed by atoms with Crippen molar-refractivity contribution in [2.24, 2.45) is 5.73 Å². The van der Waals surface area contributed by atoms with Crippen molar-refractivity contribution in [3.63, 3.8) is 0 Å². The third kappa shape index (κ3) is 2.70. The monoisotopic (exact) mass is 243 g/mol. The van der Waals surface area contributed by atoms with E-state index in [0.717, 1.165) is 25.7 Å². The molecule has 1 heterocycles. The molecule has 7 heteroatoms. The number of nitrogens with one attached hydrogen (secondary N) is 2. The van der Waals surface area contributed by atoms with Crippen molar-refractivity contribution in [1.29, 1.82) is 0 Å². The number of halogens is 1. The van der Waals surface area contributed by atoms with Crippen LogP contribution >= 0.6 is 11.6 Å². The molecule has 0 atom stereocenters. The van der Waals surface area contributed by atoms with Gasteiger partial charge in [-0.3, -0.25) is 4.79 Å². The molecule has 1 aromatic heterocycles. The van der Waals surface area contributed by atoms with Crippen LogP contribution in [0.25, 0.3) is 0 Å². The lowest BCUT2D eigenvalue weighted by Crippen LogP contribution is -2.40. The van der Waals surface area contributed by atoms with Crippen LogP contribution in [0.4, 0.5) is 0 Å². The van der Waals surface area contributed by atoms with Gasteiger partial charge < -0.3 is 11.1 Å². The fourth-order valence-corrected chi connectivity index (χ4v) is 1.98. The zero-order chi connectivity index (χ0) is 11.5. The summed E-state index contributed by atoms with van der Waals surface area (Å²) >= 11 is 5.54. The third-order valence-electron chi connectivity index (χ3n) is 2.77.